The Morgan fingerprint density at radius 1 is 0.839 bits per heavy atom. The highest BCUT2D eigenvalue weighted by Crippen LogP contribution is 2.37. The van der Waals surface area contributed by atoms with Gasteiger partial charge >= 0.3 is 12.1 Å². The molecule has 4 rings (SSSR count). The third-order valence-corrected chi connectivity index (χ3v) is 5.47. The highest BCUT2D eigenvalue weighted by Gasteiger charge is 2.43. The van der Waals surface area contributed by atoms with Gasteiger partial charge in [-0.3, -0.25) is 9.69 Å². The highest BCUT2D eigenvalue weighted by atomic mass is 19.4. The Morgan fingerprint density at radius 3 is 1.74 bits per heavy atom. The second-order valence-corrected chi connectivity index (χ2v) is 7.43. The summed E-state index contributed by atoms with van der Waals surface area (Å²) in [4.78, 5) is 17.5. The fourth-order valence-corrected chi connectivity index (χ4v) is 3.97. The van der Waals surface area contributed by atoms with Crippen molar-refractivity contribution in [1.29, 1.82) is 0 Å². The van der Waals surface area contributed by atoms with E-state index in [0.29, 0.717) is 18.5 Å². The maximum absolute atomic E-state index is 13.0. The molecule has 0 aromatic heterocycles. The van der Waals surface area contributed by atoms with E-state index in [1.54, 1.807) is 30.3 Å². The van der Waals surface area contributed by atoms with Crippen molar-refractivity contribution in [3.63, 3.8) is 0 Å². The molecular formula is C25H21F3N2O. The van der Waals surface area contributed by atoms with Crippen molar-refractivity contribution in [3.8, 4) is 0 Å². The van der Waals surface area contributed by atoms with Crippen LogP contribution in [0.15, 0.2) is 96.0 Å². The molecule has 0 bridgehead atoms. The Morgan fingerprint density at radius 2 is 1.32 bits per heavy atom. The lowest BCUT2D eigenvalue weighted by Gasteiger charge is -2.47. The largest absolute Gasteiger partial charge is 0.473 e. The van der Waals surface area contributed by atoms with Crippen molar-refractivity contribution >= 4 is 11.6 Å². The monoisotopic (exact) mass is 422 g/mol. The molecule has 31 heavy (non-hydrogen) atoms. The molecule has 0 N–H and O–H groups in total. The topological polar surface area (TPSA) is 32.7 Å². The third kappa shape index (κ3) is 4.59. The molecule has 0 saturated carbocycles. The smallest absolute Gasteiger partial charge is 0.284 e. The number of benzene rings is 3. The van der Waals surface area contributed by atoms with Gasteiger partial charge in [0.2, 0.25) is 0 Å². The number of amides is 1. The van der Waals surface area contributed by atoms with E-state index in [9.17, 15) is 18.0 Å². The molecule has 0 aliphatic carbocycles. The number of hydrogen-bond donors (Lipinski definition) is 0. The normalized spacial score (nSPS) is 17.4. The molecule has 1 heterocycles. The summed E-state index contributed by atoms with van der Waals surface area (Å²) in [5.74, 6) is -2.07. The summed E-state index contributed by atoms with van der Waals surface area (Å²) in [5.41, 5.74) is 2.75. The van der Waals surface area contributed by atoms with Crippen LogP contribution in [0.2, 0.25) is 0 Å². The van der Waals surface area contributed by atoms with Crippen molar-refractivity contribution in [2.45, 2.75) is 24.7 Å². The quantitative estimate of drug-likeness (QED) is 0.514. The van der Waals surface area contributed by atoms with Crippen LogP contribution in [0.1, 0.15) is 29.2 Å². The Hall–Kier alpha value is -3.25. The first-order valence-electron chi connectivity index (χ1n) is 10.1. The zero-order chi connectivity index (χ0) is 21.8. The maximum Gasteiger partial charge on any atom is 0.473 e. The minimum Gasteiger partial charge on any atom is -0.284 e. The summed E-state index contributed by atoms with van der Waals surface area (Å²) in [6.07, 6.45) is -4.39. The maximum atomic E-state index is 13.0. The Labute approximate surface area is 178 Å². The molecule has 1 amide bonds. The first-order valence-corrected chi connectivity index (χ1v) is 10.1. The summed E-state index contributed by atoms with van der Waals surface area (Å²) in [5, 5.41) is 0. The number of carbonyl (C=O) groups excluding carboxylic acids is 1. The van der Waals surface area contributed by atoms with Gasteiger partial charge in [-0.25, -0.2) is 4.99 Å². The molecular weight excluding hydrogens is 401 g/mol. The van der Waals surface area contributed by atoms with Gasteiger partial charge in [0.1, 0.15) is 0 Å². The van der Waals surface area contributed by atoms with Gasteiger partial charge in [0.15, 0.2) is 0 Å². The molecule has 0 radical (unpaired) electrons. The average Bonchev–Trinajstić information content (AvgIpc) is 2.77. The number of alkyl halides is 3. The molecule has 1 fully saturated rings. The van der Waals surface area contributed by atoms with Crippen molar-refractivity contribution in [1.82, 2.24) is 4.90 Å². The van der Waals surface area contributed by atoms with Crippen LogP contribution in [0, 0.1) is 0 Å². The zero-order valence-corrected chi connectivity index (χ0v) is 16.7. The number of aliphatic imine (C=N–C) groups is 1. The molecule has 158 valence electrons. The van der Waals surface area contributed by atoms with Crippen LogP contribution in [-0.2, 0) is 4.79 Å². The minimum atomic E-state index is -5.01. The number of hydrogen-bond acceptors (Lipinski definition) is 2. The lowest BCUT2D eigenvalue weighted by atomic mass is 9.86. The fourth-order valence-electron chi connectivity index (χ4n) is 3.97. The minimum absolute atomic E-state index is 0.156. The molecule has 3 aromatic carbocycles. The molecule has 1 aliphatic rings. The summed E-state index contributed by atoms with van der Waals surface area (Å²) < 4.78 is 39.1. The van der Waals surface area contributed by atoms with Gasteiger partial charge < -0.3 is 0 Å². The first-order chi connectivity index (χ1) is 14.9. The van der Waals surface area contributed by atoms with Crippen molar-refractivity contribution in [2.75, 3.05) is 6.54 Å². The van der Waals surface area contributed by atoms with Crippen molar-refractivity contribution in [3.05, 3.63) is 108 Å². The zero-order valence-electron chi connectivity index (χ0n) is 16.7. The van der Waals surface area contributed by atoms with E-state index < -0.39 is 18.1 Å². The predicted molar refractivity (Wildman–Crippen MR) is 114 cm³/mol. The van der Waals surface area contributed by atoms with E-state index in [4.69, 9.17) is 0 Å². The van der Waals surface area contributed by atoms with Gasteiger partial charge in [-0.1, -0.05) is 91.0 Å². The number of nitrogens with zero attached hydrogens (tertiary/aromatic N) is 2. The second-order valence-electron chi connectivity index (χ2n) is 7.43. The van der Waals surface area contributed by atoms with Gasteiger partial charge in [0.05, 0.1) is 17.8 Å². The fraction of sp³-hybridized carbons (Fsp3) is 0.200. The predicted octanol–water partition coefficient (Wildman–Crippen LogP) is 5.43. The van der Waals surface area contributed by atoms with Gasteiger partial charge in [0.25, 0.3) is 0 Å². The van der Waals surface area contributed by atoms with Crippen LogP contribution in [-0.4, -0.2) is 35.3 Å². The summed E-state index contributed by atoms with van der Waals surface area (Å²) in [6, 6.07) is 27.7. The van der Waals surface area contributed by atoms with Crippen molar-refractivity contribution < 1.29 is 18.0 Å². The average molecular weight is 422 g/mol. The van der Waals surface area contributed by atoms with Crippen LogP contribution < -0.4 is 0 Å². The van der Waals surface area contributed by atoms with Gasteiger partial charge in [-0.05, 0) is 23.1 Å². The van der Waals surface area contributed by atoms with Gasteiger partial charge in [-0.2, -0.15) is 13.2 Å². The molecule has 3 aromatic rings. The SMILES string of the molecule is O=C(N=C(c1ccccc1)C1CCN1C(c1ccccc1)c1ccccc1)C(F)(F)F. The standard InChI is InChI=1S/C25H21F3N2O/c26-25(27,28)24(31)29-22(18-10-4-1-5-11-18)21-16-17-30(21)23(19-12-6-2-7-13-19)20-14-8-3-9-15-20/h1-15,21,23H,16-17H2. The molecule has 1 saturated heterocycles. The van der Waals surface area contributed by atoms with Crippen molar-refractivity contribution in [2.24, 2.45) is 4.99 Å². The summed E-state index contributed by atoms with van der Waals surface area (Å²) in [6.45, 7) is 0.686. The van der Waals surface area contributed by atoms with Crippen LogP contribution in [0.3, 0.4) is 0 Å². The van der Waals surface area contributed by atoms with Crippen LogP contribution >= 0.6 is 0 Å². The van der Waals surface area contributed by atoms with E-state index in [1.165, 1.54) is 0 Å². The number of carbonyl (C=O) groups is 1. The first kappa shape index (κ1) is 21.0. The van der Waals surface area contributed by atoms with Crippen LogP contribution in [0.25, 0.3) is 0 Å². The van der Waals surface area contributed by atoms with E-state index in [0.717, 1.165) is 11.1 Å². The Bertz CT molecular complexity index is 1010. The highest BCUT2D eigenvalue weighted by molar-refractivity contribution is 6.10. The van der Waals surface area contributed by atoms with E-state index in [1.807, 2.05) is 60.7 Å². The molecule has 0 spiro atoms. The molecule has 3 nitrogen and oxygen atoms in total. The Balaban J connectivity index is 1.76. The van der Waals surface area contributed by atoms with Crippen LogP contribution in [0.5, 0.6) is 0 Å². The van der Waals surface area contributed by atoms with E-state index in [-0.39, 0.29) is 11.8 Å². The van der Waals surface area contributed by atoms with E-state index >= 15 is 0 Å². The lowest BCUT2D eigenvalue weighted by Crippen LogP contribution is -2.54. The number of likely N-dealkylation sites (tertiary alicyclic amines) is 1. The number of halogens is 3. The van der Waals surface area contributed by atoms with Gasteiger partial charge in [-0.15, -0.1) is 0 Å². The number of rotatable bonds is 5. The second kappa shape index (κ2) is 8.86. The van der Waals surface area contributed by atoms with Gasteiger partial charge in [0, 0.05) is 6.54 Å². The molecule has 1 aliphatic heterocycles. The molecule has 6 heteroatoms. The van der Waals surface area contributed by atoms with E-state index in [2.05, 4.69) is 9.89 Å². The lowest BCUT2D eigenvalue weighted by molar-refractivity contribution is -0.169. The Kier molecular flexibility index (Phi) is 6.00. The summed E-state index contributed by atoms with van der Waals surface area (Å²) >= 11 is 0. The molecule has 1 atom stereocenters. The third-order valence-electron chi connectivity index (χ3n) is 5.47. The summed E-state index contributed by atoms with van der Waals surface area (Å²) in [7, 11) is 0. The molecule has 1 unspecified atom stereocenters. The van der Waals surface area contributed by atoms with Crippen LogP contribution in [0.4, 0.5) is 13.2 Å².